The molecule has 37 heavy (non-hydrogen) atoms. The first-order valence-electron chi connectivity index (χ1n) is 13.5. The van der Waals surface area contributed by atoms with Gasteiger partial charge in [0.05, 0.1) is 0 Å². The van der Waals surface area contributed by atoms with Gasteiger partial charge in [-0.3, -0.25) is 19.5 Å². The van der Waals surface area contributed by atoms with Crippen LogP contribution in [0.2, 0.25) is 0 Å². The fourth-order valence-electron chi connectivity index (χ4n) is 5.47. The van der Waals surface area contributed by atoms with Crippen LogP contribution in [0.1, 0.15) is 70.4 Å². The maximum Gasteiger partial charge on any atom is 0.260 e. The molecule has 1 unspecified atom stereocenters. The van der Waals surface area contributed by atoms with Crippen molar-refractivity contribution in [3.63, 3.8) is 0 Å². The van der Waals surface area contributed by atoms with Gasteiger partial charge >= 0.3 is 0 Å². The predicted octanol–water partition coefficient (Wildman–Crippen LogP) is 5.56. The maximum absolute atomic E-state index is 13.5. The highest BCUT2D eigenvalue weighted by Crippen LogP contribution is 2.37. The van der Waals surface area contributed by atoms with Crippen molar-refractivity contribution in [3.05, 3.63) is 65.5 Å². The molecule has 2 aliphatic rings. The minimum Gasteiger partial charge on any atom is -0.326 e. The Hall–Kier alpha value is -3.06. The lowest BCUT2D eigenvalue weighted by molar-refractivity contribution is -0.131. The quantitative estimate of drug-likeness (QED) is 0.485. The standard InChI is InChI=1S/C30H39FN4O2/c1-5-30(25-10-12-26(31)13-11-25)29(37)35(22(4)33-30)17-7-16-34-18-14-23(15-19-34)24-8-6-9-27(20-24)32-28(36)21(2)3/h6,8-13,20-21,23H,5,7,14-19H2,1-4H3,(H,32,36). The van der Waals surface area contributed by atoms with E-state index < -0.39 is 5.54 Å². The van der Waals surface area contributed by atoms with Gasteiger partial charge in [-0.05, 0) is 93.6 Å². The molecular formula is C30H39FN4O2. The van der Waals surface area contributed by atoms with E-state index in [0.717, 1.165) is 56.0 Å². The van der Waals surface area contributed by atoms with Gasteiger partial charge in [-0.1, -0.05) is 45.0 Å². The fraction of sp³-hybridized carbons (Fsp3) is 0.500. The van der Waals surface area contributed by atoms with Crippen molar-refractivity contribution in [2.24, 2.45) is 10.9 Å². The number of carbonyl (C=O) groups is 2. The molecule has 6 nitrogen and oxygen atoms in total. The smallest absolute Gasteiger partial charge is 0.260 e. The van der Waals surface area contributed by atoms with Crippen LogP contribution < -0.4 is 5.32 Å². The Morgan fingerprint density at radius 3 is 2.49 bits per heavy atom. The Morgan fingerprint density at radius 2 is 1.84 bits per heavy atom. The third kappa shape index (κ3) is 5.93. The minimum absolute atomic E-state index is 0.0118. The lowest BCUT2D eigenvalue weighted by Gasteiger charge is -2.33. The van der Waals surface area contributed by atoms with Crippen molar-refractivity contribution < 1.29 is 14.0 Å². The highest BCUT2D eigenvalue weighted by molar-refractivity contribution is 6.07. The van der Waals surface area contributed by atoms with E-state index in [1.807, 2.05) is 39.8 Å². The Labute approximate surface area is 219 Å². The van der Waals surface area contributed by atoms with Gasteiger partial charge in [0.15, 0.2) is 5.54 Å². The highest BCUT2D eigenvalue weighted by Gasteiger charge is 2.46. The number of rotatable bonds is 9. The SMILES string of the molecule is CCC1(c2ccc(F)cc2)N=C(C)N(CCCN2CCC(c3cccc(NC(=O)C(C)C)c3)CC2)C1=O. The molecule has 1 atom stereocenters. The van der Waals surface area contributed by atoms with E-state index >= 15 is 0 Å². The molecule has 2 amide bonds. The summed E-state index contributed by atoms with van der Waals surface area (Å²) in [5.74, 6) is 0.896. The van der Waals surface area contributed by atoms with Crippen molar-refractivity contribution >= 4 is 23.3 Å². The van der Waals surface area contributed by atoms with Crippen LogP contribution >= 0.6 is 0 Å². The zero-order valence-corrected chi connectivity index (χ0v) is 22.5. The number of aliphatic imine (C=N–C) groups is 1. The molecule has 0 saturated carbocycles. The van der Waals surface area contributed by atoms with Crippen molar-refractivity contribution in [1.82, 2.24) is 9.80 Å². The molecule has 0 aliphatic carbocycles. The van der Waals surface area contributed by atoms with Crippen LogP contribution in [0.5, 0.6) is 0 Å². The number of amides is 2. The zero-order chi connectivity index (χ0) is 26.6. The molecule has 0 spiro atoms. The van der Waals surface area contributed by atoms with E-state index in [9.17, 15) is 14.0 Å². The fourth-order valence-corrected chi connectivity index (χ4v) is 5.47. The van der Waals surface area contributed by atoms with Crippen LogP contribution in [0.4, 0.5) is 10.1 Å². The van der Waals surface area contributed by atoms with Gasteiger partial charge < -0.3 is 10.2 Å². The van der Waals surface area contributed by atoms with Crippen molar-refractivity contribution in [2.45, 2.75) is 64.8 Å². The lowest BCUT2D eigenvalue weighted by Crippen LogP contribution is -2.42. The predicted molar refractivity (Wildman–Crippen MR) is 146 cm³/mol. The topological polar surface area (TPSA) is 65.0 Å². The number of likely N-dealkylation sites (tertiary alicyclic amines) is 1. The summed E-state index contributed by atoms with van der Waals surface area (Å²) < 4.78 is 13.5. The van der Waals surface area contributed by atoms with Gasteiger partial charge in [0.25, 0.3) is 5.91 Å². The largest absolute Gasteiger partial charge is 0.326 e. The van der Waals surface area contributed by atoms with Gasteiger partial charge in [-0.2, -0.15) is 0 Å². The number of nitrogens with one attached hydrogen (secondary N) is 1. The van der Waals surface area contributed by atoms with Crippen molar-refractivity contribution in [3.8, 4) is 0 Å². The van der Waals surface area contributed by atoms with E-state index in [0.29, 0.717) is 18.9 Å². The molecule has 2 aromatic carbocycles. The van der Waals surface area contributed by atoms with E-state index in [-0.39, 0.29) is 23.5 Å². The summed E-state index contributed by atoms with van der Waals surface area (Å²) in [6, 6.07) is 14.4. The highest BCUT2D eigenvalue weighted by atomic mass is 19.1. The van der Waals surface area contributed by atoms with Crippen LogP contribution in [-0.2, 0) is 15.1 Å². The first kappa shape index (κ1) is 27.0. The summed E-state index contributed by atoms with van der Waals surface area (Å²) in [5.41, 5.74) is 1.96. The second-order valence-corrected chi connectivity index (χ2v) is 10.6. The van der Waals surface area contributed by atoms with E-state index in [4.69, 9.17) is 4.99 Å². The van der Waals surface area contributed by atoms with Gasteiger partial charge in [-0.15, -0.1) is 0 Å². The third-order valence-corrected chi connectivity index (χ3v) is 7.77. The zero-order valence-electron chi connectivity index (χ0n) is 22.5. The summed E-state index contributed by atoms with van der Waals surface area (Å²) in [6.45, 7) is 11.2. The molecule has 4 rings (SSSR count). The molecule has 1 N–H and O–H groups in total. The van der Waals surface area contributed by atoms with Crippen LogP contribution in [-0.4, -0.2) is 53.6 Å². The molecule has 0 bridgehead atoms. The van der Waals surface area contributed by atoms with Crippen LogP contribution in [0, 0.1) is 11.7 Å². The molecule has 0 aromatic heterocycles. The van der Waals surface area contributed by atoms with E-state index in [1.54, 1.807) is 17.0 Å². The minimum atomic E-state index is -0.945. The van der Waals surface area contributed by atoms with Gasteiger partial charge in [0.1, 0.15) is 11.7 Å². The molecule has 2 aliphatic heterocycles. The van der Waals surface area contributed by atoms with Crippen molar-refractivity contribution in [2.75, 3.05) is 31.5 Å². The molecule has 0 radical (unpaired) electrons. The van der Waals surface area contributed by atoms with E-state index in [2.05, 4.69) is 22.3 Å². The summed E-state index contributed by atoms with van der Waals surface area (Å²) >= 11 is 0. The van der Waals surface area contributed by atoms with Gasteiger partial charge in [0, 0.05) is 18.2 Å². The number of hydrogen-bond donors (Lipinski definition) is 1. The molecule has 2 heterocycles. The third-order valence-electron chi connectivity index (χ3n) is 7.77. The molecule has 2 aromatic rings. The lowest BCUT2D eigenvalue weighted by atomic mass is 9.87. The Kier molecular flexibility index (Phi) is 8.42. The average Bonchev–Trinajstić information content (AvgIpc) is 3.14. The van der Waals surface area contributed by atoms with Gasteiger partial charge in [-0.25, -0.2) is 4.39 Å². The van der Waals surface area contributed by atoms with Crippen LogP contribution in [0.15, 0.2) is 53.5 Å². The Balaban J connectivity index is 1.28. The summed E-state index contributed by atoms with van der Waals surface area (Å²) in [5, 5.41) is 3.01. The maximum atomic E-state index is 13.5. The molecule has 1 fully saturated rings. The Morgan fingerprint density at radius 1 is 1.14 bits per heavy atom. The second-order valence-electron chi connectivity index (χ2n) is 10.6. The van der Waals surface area contributed by atoms with Crippen molar-refractivity contribution in [1.29, 1.82) is 0 Å². The average molecular weight is 507 g/mol. The number of carbonyl (C=O) groups excluding carboxylic acids is 2. The summed E-state index contributed by atoms with van der Waals surface area (Å²) in [7, 11) is 0. The first-order valence-corrected chi connectivity index (χ1v) is 13.5. The number of halogens is 1. The molecule has 7 heteroatoms. The number of nitrogens with zero attached hydrogens (tertiary/aromatic N) is 3. The number of hydrogen-bond acceptors (Lipinski definition) is 4. The van der Waals surface area contributed by atoms with E-state index in [1.165, 1.54) is 17.7 Å². The van der Waals surface area contributed by atoms with Crippen LogP contribution in [0.25, 0.3) is 0 Å². The summed E-state index contributed by atoms with van der Waals surface area (Å²) in [4.78, 5) is 34.5. The molecule has 1 saturated heterocycles. The first-order chi connectivity index (χ1) is 17.7. The van der Waals surface area contributed by atoms with Crippen LogP contribution in [0.3, 0.4) is 0 Å². The molecule has 198 valence electrons. The summed E-state index contributed by atoms with van der Waals surface area (Å²) in [6.07, 6.45) is 3.58. The normalized spacial score (nSPS) is 21.0. The number of amidine groups is 1. The Bertz CT molecular complexity index is 1140. The monoisotopic (exact) mass is 506 g/mol. The van der Waals surface area contributed by atoms with Gasteiger partial charge in [0.2, 0.25) is 5.91 Å². The number of piperidine rings is 1. The number of anilines is 1. The second kappa shape index (κ2) is 11.5. The molecular weight excluding hydrogens is 467 g/mol. The number of benzene rings is 2.